The van der Waals surface area contributed by atoms with Crippen molar-refractivity contribution in [3.8, 4) is 5.75 Å². The van der Waals surface area contributed by atoms with Gasteiger partial charge in [-0.1, -0.05) is 37.8 Å². The van der Waals surface area contributed by atoms with Crippen LogP contribution in [0.5, 0.6) is 5.75 Å². The van der Waals surface area contributed by atoms with Crippen molar-refractivity contribution < 1.29 is 4.74 Å². The maximum atomic E-state index is 5.19. The van der Waals surface area contributed by atoms with E-state index in [9.17, 15) is 0 Å². The van der Waals surface area contributed by atoms with E-state index in [1.807, 2.05) is 12.1 Å². The van der Waals surface area contributed by atoms with Crippen molar-refractivity contribution >= 4 is 0 Å². The van der Waals surface area contributed by atoms with Crippen LogP contribution in [-0.4, -0.2) is 19.7 Å². The van der Waals surface area contributed by atoms with E-state index in [1.54, 1.807) is 7.11 Å². The lowest BCUT2D eigenvalue weighted by Crippen LogP contribution is -2.34. The first kappa shape index (κ1) is 15.4. The number of hydrogen-bond acceptors (Lipinski definition) is 2. The minimum Gasteiger partial charge on any atom is -0.497 e. The van der Waals surface area contributed by atoms with Gasteiger partial charge in [0.15, 0.2) is 0 Å². The summed E-state index contributed by atoms with van der Waals surface area (Å²) in [7, 11) is 1.71. The van der Waals surface area contributed by atoms with Gasteiger partial charge in [0.05, 0.1) is 7.11 Å². The Labute approximate surface area is 123 Å². The number of methoxy groups -OCH3 is 1. The van der Waals surface area contributed by atoms with Crippen LogP contribution in [0, 0.1) is 5.92 Å². The van der Waals surface area contributed by atoms with E-state index in [-0.39, 0.29) is 0 Å². The van der Waals surface area contributed by atoms with Crippen LogP contribution < -0.4 is 10.1 Å². The molecule has 0 heterocycles. The molecule has 0 radical (unpaired) electrons. The predicted octanol–water partition coefficient (Wildman–Crippen LogP) is 4.19. The molecule has 1 saturated carbocycles. The molecule has 0 spiro atoms. The maximum Gasteiger partial charge on any atom is 0.118 e. The minimum absolute atomic E-state index is 0.659. The quantitative estimate of drug-likeness (QED) is 0.786. The number of rotatable bonds is 6. The molecule has 1 aliphatic carbocycles. The zero-order valence-corrected chi connectivity index (χ0v) is 13.0. The standard InChI is InChI=1S/C18H29NO/c1-15(17-7-5-3-4-6-8-17)19-14-13-16-9-11-18(20-2)12-10-16/h9-12,15,17,19H,3-8,13-14H2,1-2H3/t15-/m1/s1. The normalized spacial score (nSPS) is 18.5. The first-order valence-electron chi connectivity index (χ1n) is 8.16. The summed E-state index contributed by atoms with van der Waals surface area (Å²) in [6.45, 7) is 3.44. The van der Waals surface area contributed by atoms with Gasteiger partial charge >= 0.3 is 0 Å². The Balaban J connectivity index is 1.71. The third kappa shape index (κ3) is 4.82. The van der Waals surface area contributed by atoms with E-state index in [2.05, 4.69) is 24.4 Å². The zero-order valence-electron chi connectivity index (χ0n) is 13.0. The summed E-state index contributed by atoms with van der Waals surface area (Å²) in [4.78, 5) is 0. The first-order chi connectivity index (χ1) is 9.79. The molecule has 112 valence electrons. The number of nitrogens with one attached hydrogen (secondary N) is 1. The van der Waals surface area contributed by atoms with Gasteiger partial charge in [-0.05, 0) is 56.3 Å². The molecule has 1 atom stereocenters. The van der Waals surface area contributed by atoms with Gasteiger partial charge in [-0.25, -0.2) is 0 Å². The lowest BCUT2D eigenvalue weighted by atomic mass is 9.93. The molecule has 1 fully saturated rings. The Morgan fingerprint density at radius 1 is 1.10 bits per heavy atom. The Morgan fingerprint density at radius 3 is 2.35 bits per heavy atom. The van der Waals surface area contributed by atoms with Gasteiger partial charge in [-0.3, -0.25) is 0 Å². The molecule has 0 unspecified atom stereocenters. The molecule has 2 rings (SSSR count). The highest BCUT2D eigenvalue weighted by molar-refractivity contribution is 5.27. The highest BCUT2D eigenvalue weighted by Crippen LogP contribution is 2.25. The van der Waals surface area contributed by atoms with Crippen molar-refractivity contribution in [1.82, 2.24) is 5.32 Å². The van der Waals surface area contributed by atoms with E-state index < -0.39 is 0 Å². The van der Waals surface area contributed by atoms with E-state index in [4.69, 9.17) is 4.74 Å². The molecule has 0 amide bonds. The average molecular weight is 275 g/mol. The molecule has 2 nitrogen and oxygen atoms in total. The zero-order chi connectivity index (χ0) is 14.2. The SMILES string of the molecule is COc1ccc(CCN[C@H](C)C2CCCCCC2)cc1. The molecule has 0 aliphatic heterocycles. The third-order valence-corrected chi connectivity index (χ3v) is 4.65. The summed E-state index contributed by atoms with van der Waals surface area (Å²) in [6.07, 6.45) is 9.66. The maximum absolute atomic E-state index is 5.19. The number of hydrogen-bond donors (Lipinski definition) is 1. The second kappa shape index (κ2) is 8.31. The summed E-state index contributed by atoms with van der Waals surface area (Å²) >= 11 is 0. The van der Waals surface area contributed by atoms with Gasteiger partial charge in [0.25, 0.3) is 0 Å². The van der Waals surface area contributed by atoms with Gasteiger partial charge in [-0.15, -0.1) is 0 Å². The predicted molar refractivity (Wildman–Crippen MR) is 85.4 cm³/mol. The second-order valence-electron chi connectivity index (χ2n) is 6.09. The molecule has 1 aromatic rings. The smallest absolute Gasteiger partial charge is 0.118 e. The molecular weight excluding hydrogens is 246 g/mol. The van der Waals surface area contributed by atoms with Crippen molar-refractivity contribution in [2.24, 2.45) is 5.92 Å². The molecule has 1 aromatic carbocycles. The Hall–Kier alpha value is -1.02. The minimum atomic E-state index is 0.659. The fourth-order valence-electron chi connectivity index (χ4n) is 3.21. The fraction of sp³-hybridized carbons (Fsp3) is 0.667. The molecule has 1 N–H and O–H groups in total. The monoisotopic (exact) mass is 275 g/mol. The molecule has 1 aliphatic rings. The molecule has 20 heavy (non-hydrogen) atoms. The summed E-state index contributed by atoms with van der Waals surface area (Å²) < 4.78 is 5.19. The van der Waals surface area contributed by atoms with Crippen LogP contribution >= 0.6 is 0 Å². The van der Waals surface area contributed by atoms with E-state index in [1.165, 1.54) is 44.1 Å². The average Bonchev–Trinajstić information content (AvgIpc) is 2.77. The van der Waals surface area contributed by atoms with Crippen molar-refractivity contribution in [2.45, 2.75) is 57.9 Å². The fourth-order valence-corrected chi connectivity index (χ4v) is 3.21. The van der Waals surface area contributed by atoms with Gasteiger partial charge in [-0.2, -0.15) is 0 Å². The van der Waals surface area contributed by atoms with Crippen LogP contribution in [0.25, 0.3) is 0 Å². The van der Waals surface area contributed by atoms with Gasteiger partial charge < -0.3 is 10.1 Å². The van der Waals surface area contributed by atoms with E-state index >= 15 is 0 Å². The van der Waals surface area contributed by atoms with Gasteiger partial charge in [0.2, 0.25) is 0 Å². The lowest BCUT2D eigenvalue weighted by Gasteiger charge is -2.23. The Morgan fingerprint density at radius 2 is 1.75 bits per heavy atom. The molecule has 0 saturated heterocycles. The summed E-state index contributed by atoms with van der Waals surface area (Å²) in [5.41, 5.74) is 1.38. The molecule has 2 heteroatoms. The highest BCUT2D eigenvalue weighted by Gasteiger charge is 2.18. The summed E-state index contributed by atoms with van der Waals surface area (Å²) in [5.74, 6) is 1.82. The Kier molecular flexibility index (Phi) is 6.38. The number of ether oxygens (including phenoxy) is 1. The van der Waals surface area contributed by atoms with Crippen LogP contribution in [0.3, 0.4) is 0 Å². The van der Waals surface area contributed by atoms with E-state index in [0.29, 0.717) is 6.04 Å². The number of benzene rings is 1. The van der Waals surface area contributed by atoms with Crippen molar-refractivity contribution in [3.63, 3.8) is 0 Å². The van der Waals surface area contributed by atoms with Crippen LogP contribution in [0.1, 0.15) is 51.0 Å². The highest BCUT2D eigenvalue weighted by atomic mass is 16.5. The van der Waals surface area contributed by atoms with Crippen LogP contribution in [-0.2, 0) is 6.42 Å². The van der Waals surface area contributed by atoms with Crippen molar-refractivity contribution in [1.29, 1.82) is 0 Å². The summed E-state index contributed by atoms with van der Waals surface area (Å²) in [6, 6.07) is 9.08. The lowest BCUT2D eigenvalue weighted by molar-refractivity contribution is 0.339. The second-order valence-corrected chi connectivity index (χ2v) is 6.09. The molecular formula is C18H29NO. The summed E-state index contributed by atoms with van der Waals surface area (Å²) in [5, 5.41) is 3.73. The van der Waals surface area contributed by atoms with E-state index in [0.717, 1.165) is 24.6 Å². The van der Waals surface area contributed by atoms with Crippen LogP contribution in [0.4, 0.5) is 0 Å². The first-order valence-corrected chi connectivity index (χ1v) is 8.16. The topological polar surface area (TPSA) is 21.3 Å². The largest absolute Gasteiger partial charge is 0.497 e. The molecule has 0 bridgehead atoms. The van der Waals surface area contributed by atoms with Crippen LogP contribution in [0.15, 0.2) is 24.3 Å². The Bertz CT molecular complexity index is 366. The van der Waals surface area contributed by atoms with Gasteiger partial charge in [0.1, 0.15) is 5.75 Å². The van der Waals surface area contributed by atoms with Crippen molar-refractivity contribution in [3.05, 3.63) is 29.8 Å². The van der Waals surface area contributed by atoms with Gasteiger partial charge in [0, 0.05) is 6.04 Å². The van der Waals surface area contributed by atoms with Crippen LogP contribution in [0.2, 0.25) is 0 Å². The third-order valence-electron chi connectivity index (χ3n) is 4.65. The van der Waals surface area contributed by atoms with Crippen molar-refractivity contribution in [2.75, 3.05) is 13.7 Å². The molecule has 0 aromatic heterocycles.